The highest BCUT2D eigenvalue weighted by Gasteiger charge is 2.36. The second-order valence-electron chi connectivity index (χ2n) is 5.32. The Balaban J connectivity index is 0.00000242. The predicted octanol–water partition coefficient (Wildman–Crippen LogP) is 4.43. The Kier molecular flexibility index (Phi) is 9.43. The van der Waals surface area contributed by atoms with Gasteiger partial charge in [-0.15, -0.1) is 24.8 Å². The van der Waals surface area contributed by atoms with E-state index < -0.39 is 17.6 Å². The predicted molar refractivity (Wildman–Crippen MR) is 88.0 cm³/mol. The fraction of sp³-hybridized carbons (Fsp3) is 0.600. The number of nitrogens with one attached hydrogen (secondary N) is 1. The lowest BCUT2D eigenvalue weighted by Gasteiger charge is -2.36. The van der Waals surface area contributed by atoms with Crippen molar-refractivity contribution in [3.05, 3.63) is 35.1 Å². The van der Waals surface area contributed by atoms with Gasteiger partial charge in [-0.05, 0) is 30.2 Å². The number of benzene rings is 1. The standard InChI is InChI=1S/C15H20F4N2.2ClH/c1-2-3-14(21-8-6-20-7-9-21)12-10-11(16)4-5-13(12)15(17,18)19;;/h4-5,10,14,20H,2-3,6-9H2,1H3;2*1H/t14-;;/m0../s1. The van der Waals surface area contributed by atoms with Crippen molar-refractivity contribution < 1.29 is 17.6 Å². The molecule has 1 aliphatic heterocycles. The fourth-order valence-corrected chi connectivity index (χ4v) is 2.87. The Bertz CT molecular complexity index is 477. The van der Waals surface area contributed by atoms with Crippen LogP contribution < -0.4 is 5.32 Å². The van der Waals surface area contributed by atoms with Gasteiger partial charge in [0.05, 0.1) is 5.56 Å². The zero-order valence-corrected chi connectivity index (χ0v) is 14.5. The van der Waals surface area contributed by atoms with Crippen molar-refractivity contribution in [3.63, 3.8) is 0 Å². The van der Waals surface area contributed by atoms with Crippen LogP contribution in [-0.4, -0.2) is 31.1 Å². The van der Waals surface area contributed by atoms with Crippen molar-refractivity contribution in [2.24, 2.45) is 0 Å². The molecule has 0 amide bonds. The van der Waals surface area contributed by atoms with Crippen LogP contribution in [0.15, 0.2) is 18.2 Å². The third-order valence-electron chi connectivity index (χ3n) is 3.83. The van der Waals surface area contributed by atoms with Crippen LogP contribution in [0.25, 0.3) is 0 Å². The molecule has 1 saturated heterocycles. The molecule has 1 aromatic carbocycles. The molecule has 0 spiro atoms. The van der Waals surface area contributed by atoms with Crippen molar-refractivity contribution in [2.45, 2.75) is 32.0 Å². The van der Waals surface area contributed by atoms with Crippen LogP contribution in [0.2, 0.25) is 0 Å². The third-order valence-corrected chi connectivity index (χ3v) is 3.83. The molecule has 2 nitrogen and oxygen atoms in total. The van der Waals surface area contributed by atoms with Gasteiger partial charge in [-0.2, -0.15) is 13.2 Å². The first-order valence-electron chi connectivity index (χ1n) is 7.25. The Morgan fingerprint density at radius 2 is 1.78 bits per heavy atom. The van der Waals surface area contributed by atoms with Gasteiger partial charge in [-0.25, -0.2) is 4.39 Å². The molecule has 1 aromatic rings. The summed E-state index contributed by atoms with van der Waals surface area (Å²) in [5, 5.41) is 3.18. The maximum absolute atomic E-state index is 13.5. The Morgan fingerprint density at radius 3 is 2.30 bits per heavy atom. The second kappa shape index (κ2) is 9.67. The number of piperazine rings is 1. The first-order chi connectivity index (χ1) is 9.93. The highest BCUT2D eigenvalue weighted by Crippen LogP contribution is 2.38. The number of hydrogen-bond donors (Lipinski definition) is 1. The normalized spacial score (nSPS) is 17.1. The summed E-state index contributed by atoms with van der Waals surface area (Å²) in [4.78, 5) is 2.02. The second-order valence-corrected chi connectivity index (χ2v) is 5.32. The van der Waals surface area contributed by atoms with Crippen LogP contribution >= 0.6 is 24.8 Å². The Morgan fingerprint density at radius 1 is 1.17 bits per heavy atom. The molecule has 134 valence electrons. The van der Waals surface area contributed by atoms with Gasteiger partial charge in [0.15, 0.2) is 0 Å². The van der Waals surface area contributed by atoms with Crippen LogP contribution in [-0.2, 0) is 6.18 Å². The highest BCUT2D eigenvalue weighted by atomic mass is 35.5. The summed E-state index contributed by atoms with van der Waals surface area (Å²) in [6.07, 6.45) is -3.11. The van der Waals surface area contributed by atoms with E-state index in [1.54, 1.807) is 0 Å². The zero-order chi connectivity index (χ0) is 15.5. The molecule has 0 aliphatic carbocycles. The monoisotopic (exact) mass is 376 g/mol. The summed E-state index contributed by atoms with van der Waals surface area (Å²) in [7, 11) is 0. The largest absolute Gasteiger partial charge is 0.416 e. The molecule has 8 heteroatoms. The van der Waals surface area contributed by atoms with E-state index in [2.05, 4.69) is 5.32 Å². The minimum Gasteiger partial charge on any atom is -0.314 e. The quantitative estimate of drug-likeness (QED) is 0.781. The summed E-state index contributed by atoms with van der Waals surface area (Å²) in [6, 6.07) is 2.40. The maximum Gasteiger partial charge on any atom is 0.416 e. The SMILES string of the molecule is CCC[C@@H](c1cc(F)ccc1C(F)(F)F)N1CCNCC1.Cl.Cl. The summed E-state index contributed by atoms with van der Waals surface area (Å²) in [5.74, 6) is -0.616. The molecular formula is C15H22Cl2F4N2. The van der Waals surface area contributed by atoms with Crippen LogP contribution in [0.3, 0.4) is 0 Å². The van der Waals surface area contributed by atoms with Crippen LogP contribution in [0.1, 0.15) is 36.9 Å². The molecule has 2 rings (SSSR count). The van der Waals surface area contributed by atoms with E-state index in [1.165, 1.54) is 0 Å². The average Bonchev–Trinajstić information content (AvgIpc) is 2.44. The molecule has 1 heterocycles. The molecule has 0 saturated carbocycles. The average molecular weight is 377 g/mol. The molecule has 1 N–H and O–H groups in total. The molecule has 0 aromatic heterocycles. The summed E-state index contributed by atoms with van der Waals surface area (Å²) in [5.41, 5.74) is -0.660. The lowest BCUT2D eigenvalue weighted by molar-refractivity contribution is -0.138. The van der Waals surface area contributed by atoms with E-state index in [0.717, 1.165) is 37.7 Å². The van der Waals surface area contributed by atoms with Crippen molar-refractivity contribution >= 4 is 24.8 Å². The van der Waals surface area contributed by atoms with E-state index in [1.807, 2.05) is 11.8 Å². The fourth-order valence-electron chi connectivity index (χ4n) is 2.87. The Labute approximate surface area is 146 Å². The first kappa shape index (κ1) is 22.4. The lowest BCUT2D eigenvalue weighted by atomic mass is 9.94. The van der Waals surface area contributed by atoms with Gasteiger partial charge in [0.25, 0.3) is 0 Å². The molecule has 0 radical (unpaired) electrons. The van der Waals surface area contributed by atoms with E-state index in [-0.39, 0.29) is 36.4 Å². The molecule has 0 bridgehead atoms. The highest BCUT2D eigenvalue weighted by molar-refractivity contribution is 5.85. The van der Waals surface area contributed by atoms with Crippen LogP contribution in [0.4, 0.5) is 17.6 Å². The van der Waals surface area contributed by atoms with Crippen molar-refractivity contribution in [1.29, 1.82) is 0 Å². The van der Waals surface area contributed by atoms with Crippen LogP contribution in [0, 0.1) is 5.82 Å². The molecule has 23 heavy (non-hydrogen) atoms. The third kappa shape index (κ3) is 5.78. The van der Waals surface area contributed by atoms with E-state index in [9.17, 15) is 17.6 Å². The Hall–Kier alpha value is -0.560. The molecule has 1 atom stereocenters. The van der Waals surface area contributed by atoms with Gasteiger partial charge >= 0.3 is 6.18 Å². The van der Waals surface area contributed by atoms with Crippen molar-refractivity contribution in [2.75, 3.05) is 26.2 Å². The summed E-state index contributed by atoms with van der Waals surface area (Å²) < 4.78 is 53.1. The van der Waals surface area contributed by atoms with Crippen molar-refractivity contribution in [3.8, 4) is 0 Å². The van der Waals surface area contributed by atoms with Gasteiger partial charge in [0, 0.05) is 32.2 Å². The van der Waals surface area contributed by atoms with Gasteiger partial charge < -0.3 is 5.32 Å². The lowest BCUT2D eigenvalue weighted by Crippen LogP contribution is -2.45. The number of halogens is 6. The van der Waals surface area contributed by atoms with Gasteiger partial charge in [-0.3, -0.25) is 4.90 Å². The first-order valence-corrected chi connectivity index (χ1v) is 7.25. The van der Waals surface area contributed by atoms with Crippen molar-refractivity contribution in [1.82, 2.24) is 10.2 Å². The number of hydrogen-bond acceptors (Lipinski definition) is 2. The molecule has 1 fully saturated rings. The number of rotatable bonds is 4. The molecular weight excluding hydrogens is 355 g/mol. The van der Waals surface area contributed by atoms with Crippen LogP contribution in [0.5, 0.6) is 0 Å². The topological polar surface area (TPSA) is 15.3 Å². The van der Waals surface area contributed by atoms with E-state index in [0.29, 0.717) is 19.5 Å². The smallest absolute Gasteiger partial charge is 0.314 e. The number of nitrogens with zero attached hydrogens (tertiary/aromatic N) is 1. The maximum atomic E-state index is 13.5. The molecule has 1 aliphatic rings. The van der Waals surface area contributed by atoms with E-state index in [4.69, 9.17) is 0 Å². The summed E-state index contributed by atoms with van der Waals surface area (Å²) >= 11 is 0. The summed E-state index contributed by atoms with van der Waals surface area (Å²) in [6.45, 7) is 4.78. The zero-order valence-electron chi connectivity index (χ0n) is 12.8. The van der Waals surface area contributed by atoms with Gasteiger partial charge in [-0.1, -0.05) is 13.3 Å². The number of alkyl halides is 3. The minimum absolute atomic E-state index is 0. The van der Waals surface area contributed by atoms with Gasteiger partial charge in [0.2, 0.25) is 0 Å². The minimum atomic E-state index is -4.46. The van der Waals surface area contributed by atoms with Gasteiger partial charge in [0.1, 0.15) is 5.82 Å². The molecule has 0 unspecified atom stereocenters. The van der Waals surface area contributed by atoms with E-state index >= 15 is 0 Å².